The Kier molecular flexibility index (Phi) is 9.18. The molecule has 0 radical (unpaired) electrons. The predicted octanol–water partition coefficient (Wildman–Crippen LogP) is 7.97. The lowest BCUT2D eigenvalue weighted by Crippen LogP contribution is -2.48. The van der Waals surface area contributed by atoms with Crippen LogP contribution in [0.1, 0.15) is 58.9 Å². The molecule has 0 unspecified atom stereocenters. The Balaban J connectivity index is 1.37. The molecule has 2 aliphatic rings. The topological polar surface area (TPSA) is 122 Å². The van der Waals surface area contributed by atoms with E-state index in [1.54, 1.807) is 29.3 Å². The number of ether oxygens (including phenoxy) is 2. The zero-order valence-electron chi connectivity index (χ0n) is 28.3. The molecule has 0 saturated carbocycles. The summed E-state index contributed by atoms with van der Waals surface area (Å²) in [6.07, 6.45) is 4.37. The number of piperidine rings is 1. The first-order chi connectivity index (χ1) is 23.9. The molecule has 5 aromatic rings. The van der Waals surface area contributed by atoms with E-state index in [4.69, 9.17) is 37.7 Å². The number of carbonyl (C=O) groups excluding carboxylic acids is 1. The summed E-state index contributed by atoms with van der Waals surface area (Å²) in [7, 11) is 2.07. The first-order valence-corrected chi connectivity index (χ1v) is 17.5. The quantitative estimate of drug-likeness (QED) is 0.172. The van der Waals surface area contributed by atoms with Gasteiger partial charge in [0.1, 0.15) is 23.5 Å². The molecular weight excluding hydrogens is 682 g/mol. The van der Waals surface area contributed by atoms with E-state index in [1.165, 1.54) is 12.1 Å². The lowest BCUT2D eigenvalue weighted by Gasteiger charge is -2.39. The van der Waals surface area contributed by atoms with Gasteiger partial charge >= 0.3 is 6.09 Å². The molecule has 3 aromatic heterocycles. The minimum Gasteiger partial charge on any atom is -0.474 e. The number of likely N-dealkylation sites (tertiary alicyclic amines) is 2. The Morgan fingerprint density at radius 3 is 2.68 bits per heavy atom. The van der Waals surface area contributed by atoms with Crippen molar-refractivity contribution in [2.45, 2.75) is 76.6 Å². The number of rotatable bonds is 6. The van der Waals surface area contributed by atoms with E-state index < -0.39 is 23.6 Å². The monoisotopic (exact) mass is 718 g/mol. The van der Waals surface area contributed by atoms with E-state index in [9.17, 15) is 14.4 Å². The van der Waals surface area contributed by atoms with E-state index in [0.717, 1.165) is 19.4 Å². The van der Waals surface area contributed by atoms with Crippen LogP contribution in [0.4, 0.5) is 9.18 Å². The number of nitrogens with zero attached hydrogens (tertiary/aromatic N) is 8. The van der Waals surface area contributed by atoms with Crippen LogP contribution >= 0.6 is 23.2 Å². The van der Waals surface area contributed by atoms with Crippen molar-refractivity contribution in [3.05, 3.63) is 52.4 Å². The molecule has 0 N–H and O–H groups in total. The zero-order valence-corrected chi connectivity index (χ0v) is 29.8. The zero-order chi connectivity index (χ0) is 35.3. The maximum atomic E-state index is 14.9. The second-order valence-electron chi connectivity index (χ2n) is 14.1. The Morgan fingerprint density at radius 1 is 1.12 bits per heavy atom. The van der Waals surface area contributed by atoms with Crippen LogP contribution in [0.25, 0.3) is 44.0 Å². The van der Waals surface area contributed by atoms with Gasteiger partial charge in [0.15, 0.2) is 5.52 Å². The van der Waals surface area contributed by atoms with E-state index in [-0.39, 0.29) is 34.4 Å². The van der Waals surface area contributed by atoms with Crippen LogP contribution in [0.15, 0.2) is 36.5 Å². The van der Waals surface area contributed by atoms with Gasteiger partial charge in [0, 0.05) is 40.7 Å². The van der Waals surface area contributed by atoms with Gasteiger partial charge in [-0.05, 0) is 84.3 Å². The molecule has 0 aliphatic carbocycles. The largest absolute Gasteiger partial charge is 0.474 e. The average molecular weight is 720 g/mol. The van der Waals surface area contributed by atoms with E-state index in [0.29, 0.717) is 70.0 Å². The molecule has 260 valence electrons. The number of halogens is 3. The normalized spacial score (nSPS) is 20.1. The molecule has 2 fully saturated rings. The van der Waals surface area contributed by atoms with Crippen molar-refractivity contribution in [3.8, 4) is 23.1 Å². The Labute approximate surface area is 298 Å². The van der Waals surface area contributed by atoms with Gasteiger partial charge < -0.3 is 19.3 Å². The number of amides is 1. The van der Waals surface area contributed by atoms with Gasteiger partial charge in [-0.15, -0.1) is 5.10 Å². The van der Waals surface area contributed by atoms with Crippen molar-refractivity contribution in [1.82, 2.24) is 34.8 Å². The number of nitriles is 1. The van der Waals surface area contributed by atoms with Crippen LogP contribution in [0, 0.1) is 17.1 Å². The number of likely N-dealkylation sites (N-methyl/N-ethyl adjacent to an activating group) is 1. The lowest BCUT2D eigenvalue weighted by atomic mass is 9.95. The SMILES string of the molecule is CN1CCC[C@H]1COc1nc2c(Cl)c(-c3cc(F)cc4cccnc34)c(Cl)cc2c2c1nnn2[C@H]1CCN(C(=O)OC(C)(C)C)[C@H](CC#N)C1. The number of hydrogen-bond acceptors (Lipinski definition) is 9. The molecule has 14 heteroatoms. The summed E-state index contributed by atoms with van der Waals surface area (Å²) < 4.78 is 28.8. The Bertz CT molecular complexity index is 2160. The minimum absolute atomic E-state index is 0.130. The van der Waals surface area contributed by atoms with Gasteiger partial charge in [0.25, 0.3) is 0 Å². The summed E-state index contributed by atoms with van der Waals surface area (Å²) >= 11 is 14.3. The lowest BCUT2D eigenvalue weighted by molar-refractivity contribution is 0.00557. The van der Waals surface area contributed by atoms with Crippen LogP contribution in [0.5, 0.6) is 5.88 Å². The second kappa shape index (κ2) is 13.4. The van der Waals surface area contributed by atoms with Crippen molar-refractivity contribution >= 4 is 62.1 Å². The van der Waals surface area contributed by atoms with Crippen LogP contribution in [-0.2, 0) is 4.74 Å². The van der Waals surface area contributed by atoms with Crippen LogP contribution in [0.2, 0.25) is 10.0 Å². The maximum absolute atomic E-state index is 14.9. The van der Waals surface area contributed by atoms with Gasteiger partial charge in [0.05, 0.1) is 45.7 Å². The van der Waals surface area contributed by atoms with Crippen molar-refractivity contribution in [2.75, 3.05) is 26.7 Å². The molecule has 0 bridgehead atoms. The summed E-state index contributed by atoms with van der Waals surface area (Å²) in [6.45, 7) is 7.19. The number of pyridine rings is 2. The average Bonchev–Trinajstić information content (AvgIpc) is 3.70. The van der Waals surface area contributed by atoms with Crippen LogP contribution < -0.4 is 4.74 Å². The number of aromatic nitrogens is 5. The van der Waals surface area contributed by atoms with E-state index in [1.807, 2.05) is 25.5 Å². The summed E-state index contributed by atoms with van der Waals surface area (Å²) in [4.78, 5) is 26.5. The number of benzene rings is 2. The standard InChI is InChI=1S/C36H37Cl2FN8O3/c1-36(2,3)50-35(48)46-14-10-23(17-22(46)9-11-40)47-33-26-18-27(37)28(25-16-21(39)15-20-7-5-12-41-30(20)25)29(38)31(26)42-34(32(33)43-44-47)49-19-24-8-6-13-45(24)4/h5,7,12,15-16,18,22-24H,6,8-10,13-14,17,19H2,1-4H3/t22-,23+,24+/m1/s1. The molecule has 2 saturated heterocycles. The molecule has 1 amide bonds. The van der Waals surface area contributed by atoms with Gasteiger partial charge in [0.2, 0.25) is 5.88 Å². The van der Waals surface area contributed by atoms with Crippen molar-refractivity contribution in [1.29, 1.82) is 5.26 Å². The Hall–Kier alpha value is -4.31. The second-order valence-corrected chi connectivity index (χ2v) is 14.9. The summed E-state index contributed by atoms with van der Waals surface area (Å²) in [5.41, 5.74) is 2.17. The molecule has 0 spiro atoms. The van der Waals surface area contributed by atoms with Crippen molar-refractivity contribution in [3.63, 3.8) is 0 Å². The molecule has 50 heavy (non-hydrogen) atoms. The highest BCUT2D eigenvalue weighted by Gasteiger charge is 2.37. The van der Waals surface area contributed by atoms with Crippen LogP contribution in [-0.4, -0.2) is 85.3 Å². The molecule has 2 aromatic carbocycles. The van der Waals surface area contributed by atoms with Gasteiger partial charge in [-0.1, -0.05) is 34.5 Å². The molecular formula is C36H37Cl2FN8O3. The molecule has 5 heterocycles. The van der Waals surface area contributed by atoms with Gasteiger partial charge in [-0.3, -0.25) is 4.98 Å². The molecule has 3 atom stereocenters. The summed E-state index contributed by atoms with van der Waals surface area (Å²) in [6, 6.07) is 9.88. The van der Waals surface area contributed by atoms with Crippen molar-refractivity contribution in [2.24, 2.45) is 0 Å². The first-order valence-electron chi connectivity index (χ1n) is 16.7. The Morgan fingerprint density at radius 2 is 1.94 bits per heavy atom. The first kappa shape index (κ1) is 34.2. The molecule has 2 aliphatic heterocycles. The number of carbonyl (C=O) groups is 1. The van der Waals surface area contributed by atoms with E-state index >= 15 is 0 Å². The van der Waals surface area contributed by atoms with Crippen molar-refractivity contribution < 1.29 is 18.7 Å². The highest BCUT2D eigenvalue weighted by atomic mass is 35.5. The predicted molar refractivity (Wildman–Crippen MR) is 190 cm³/mol. The van der Waals surface area contributed by atoms with E-state index in [2.05, 4.69) is 33.3 Å². The summed E-state index contributed by atoms with van der Waals surface area (Å²) in [5, 5.41) is 20.6. The van der Waals surface area contributed by atoms with Crippen LogP contribution in [0.3, 0.4) is 0 Å². The maximum Gasteiger partial charge on any atom is 0.410 e. The minimum atomic E-state index is -0.673. The number of hydrogen-bond donors (Lipinski definition) is 0. The highest BCUT2D eigenvalue weighted by Crippen LogP contribution is 2.45. The summed E-state index contributed by atoms with van der Waals surface area (Å²) in [5.74, 6) is -0.177. The third kappa shape index (κ3) is 6.38. The van der Waals surface area contributed by atoms with Gasteiger partial charge in [-0.2, -0.15) is 5.26 Å². The fourth-order valence-electron chi connectivity index (χ4n) is 7.17. The third-order valence-electron chi connectivity index (χ3n) is 9.57. The highest BCUT2D eigenvalue weighted by molar-refractivity contribution is 6.44. The third-order valence-corrected chi connectivity index (χ3v) is 10.2. The molecule has 11 nitrogen and oxygen atoms in total. The fraction of sp³-hybridized carbons (Fsp3) is 0.444. The fourth-order valence-corrected chi connectivity index (χ4v) is 7.87. The molecule has 7 rings (SSSR count). The number of fused-ring (bicyclic) bond motifs is 4. The van der Waals surface area contributed by atoms with Gasteiger partial charge in [-0.25, -0.2) is 18.9 Å². The smallest absolute Gasteiger partial charge is 0.410 e.